The van der Waals surface area contributed by atoms with Gasteiger partial charge in [-0.25, -0.2) is 4.79 Å². The number of nitrogens with one attached hydrogen (secondary N) is 2. The number of carbonyl (C=O) groups is 1. The van der Waals surface area contributed by atoms with Crippen LogP contribution >= 0.6 is 15.9 Å². The van der Waals surface area contributed by atoms with Gasteiger partial charge in [0, 0.05) is 23.2 Å². The number of aryl methyl sites for hydroxylation is 1. The van der Waals surface area contributed by atoms with Crippen LogP contribution in [0.15, 0.2) is 46.9 Å². The van der Waals surface area contributed by atoms with Gasteiger partial charge in [-0.05, 0) is 42.8 Å². The SMILES string of the molecule is Cc1cc(NC(=O)Nc2ccccc2N2CCOCC2)ccc1Br. The van der Waals surface area contributed by atoms with Crippen molar-refractivity contribution in [1.29, 1.82) is 0 Å². The van der Waals surface area contributed by atoms with Crippen molar-refractivity contribution >= 4 is 39.0 Å². The number of carbonyl (C=O) groups excluding carboxylic acids is 1. The Morgan fingerprint density at radius 2 is 1.88 bits per heavy atom. The van der Waals surface area contributed by atoms with Crippen molar-refractivity contribution in [2.75, 3.05) is 41.8 Å². The van der Waals surface area contributed by atoms with E-state index in [2.05, 4.69) is 31.5 Å². The topological polar surface area (TPSA) is 53.6 Å². The summed E-state index contributed by atoms with van der Waals surface area (Å²) in [6.07, 6.45) is 0. The quantitative estimate of drug-likeness (QED) is 0.825. The average molecular weight is 390 g/mol. The first-order chi connectivity index (χ1) is 11.6. The summed E-state index contributed by atoms with van der Waals surface area (Å²) in [5.41, 5.74) is 3.65. The minimum Gasteiger partial charge on any atom is -0.378 e. The molecule has 6 heteroatoms. The number of amides is 2. The predicted octanol–water partition coefficient (Wildman–Crippen LogP) is 4.24. The summed E-state index contributed by atoms with van der Waals surface area (Å²) >= 11 is 3.46. The molecular formula is C18H20BrN3O2. The molecule has 0 aromatic heterocycles. The minimum atomic E-state index is -0.252. The van der Waals surface area contributed by atoms with Crippen LogP contribution in [-0.4, -0.2) is 32.3 Å². The van der Waals surface area contributed by atoms with Gasteiger partial charge in [0.15, 0.2) is 0 Å². The van der Waals surface area contributed by atoms with Crippen molar-refractivity contribution in [1.82, 2.24) is 0 Å². The molecule has 2 N–H and O–H groups in total. The van der Waals surface area contributed by atoms with Crippen molar-refractivity contribution in [3.05, 3.63) is 52.5 Å². The molecule has 0 radical (unpaired) electrons. The molecule has 1 heterocycles. The van der Waals surface area contributed by atoms with Crippen molar-refractivity contribution in [2.45, 2.75) is 6.92 Å². The van der Waals surface area contributed by atoms with Gasteiger partial charge in [0.05, 0.1) is 24.6 Å². The summed E-state index contributed by atoms with van der Waals surface area (Å²) < 4.78 is 6.42. The molecule has 0 unspecified atom stereocenters. The fourth-order valence-electron chi connectivity index (χ4n) is 2.67. The van der Waals surface area contributed by atoms with Crippen LogP contribution < -0.4 is 15.5 Å². The minimum absolute atomic E-state index is 0.252. The molecule has 0 atom stereocenters. The molecule has 0 aliphatic carbocycles. The van der Waals surface area contributed by atoms with E-state index < -0.39 is 0 Å². The number of hydrogen-bond donors (Lipinski definition) is 2. The second-order valence-electron chi connectivity index (χ2n) is 5.66. The Balaban J connectivity index is 1.71. The number of para-hydroxylation sites is 2. The van der Waals surface area contributed by atoms with E-state index >= 15 is 0 Å². The molecule has 0 bridgehead atoms. The molecule has 5 nitrogen and oxygen atoms in total. The van der Waals surface area contributed by atoms with E-state index in [0.717, 1.165) is 40.2 Å². The summed E-state index contributed by atoms with van der Waals surface area (Å²) in [6.45, 7) is 5.05. The van der Waals surface area contributed by atoms with Crippen LogP contribution in [-0.2, 0) is 4.74 Å². The van der Waals surface area contributed by atoms with Gasteiger partial charge in [-0.3, -0.25) is 0 Å². The normalized spacial score (nSPS) is 14.3. The smallest absolute Gasteiger partial charge is 0.323 e. The van der Waals surface area contributed by atoms with E-state index in [1.165, 1.54) is 0 Å². The van der Waals surface area contributed by atoms with Crippen LogP contribution in [0, 0.1) is 6.92 Å². The molecule has 2 amide bonds. The van der Waals surface area contributed by atoms with Gasteiger partial charge >= 0.3 is 6.03 Å². The van der Waals surface area contributed by atoms with Crippen LogP contribution in [0.3, 0.4) is 0 Å². The summed E-state index contributed by atoms with van der Waals surface area (Å²) in [5.74, 6) is 0. The second kappa shape index (κ2) is 7.68. The number of halogens is 1. The first kappa shape index (κ1) is 16.8. The molecule has 2 aromatic carbocycles. The van der Waals surface area contributed by atoms with Crippen molar-refractivity contribution in [2.24, 2.45) is 0 Å². The zero-order valence-electron chi connectivity index (χ0n) is 13.5. The maximum Gasteiger partial charge on any atom is 0.323 e. The van der Waals surface area contributed by atoms with E-state index in [1.807, 2.05) is 49.4 Å². The lowest BCUT2D eigenvalue weighted by molar-refractivity contribution is 0.123. The predicted molar refractivity (Wildman–Crippen MR) is 101 cm³/mol. The summed E-state index contributed by atoms with van der Waals surface area (Å²) in [7, 11) is 0. The Morgan fingerprint density at radius 1 is 1.12 bits per heavy atom. The lowest BCUT2D eigenvalue weighted by Gasteiger charge is -2.30. The Bertz CT molecular complexity index is 730. The maximum absolute atomic E-state index is 12.3. The second-order valence-corrected chi connectivity index (χ2v) is 6.51. The number of anilines is 3. The number of benzene rings is 2. The van der Waals surface area contributed by atoms with Gasteiger partial charge in [0.1, 0.15) is 0 Å². The number of urea groups is 1. The third-order valence-corrected chi connectivity index (χ3v) is 4.81. The molecule has 1 aliphatic rings. The van der Waals surface area contributed by atoms with Crippen molar-refractivity contribution in [3.8, 4) is 0 Å². The van der Waals surface area contributed by atoms with E-state index in [9.17, 15) is 4.79 Å². The Hall–Kier alpha value is -2.05. The zero-order chi connectivity index (χ0) is 16.9. The van der Waals surface area contributed by atoms with Gasteiger partial charge < -0.3 is 20.3 Å². The van der Waals surface area contributed by atoms with Crippen molar-refractivity contribution in [3.63, 3.8) is 0 Å². The van der Waals surface area contributed by atoms with Gasteiger partial charge in [-0.1, -0.05) is 28.1 Å². The first-order valence-corrected chi connectivity index (χ1v) is 8.68. The number of hydrogen-bond acceptors (Lipinski definition) is 3. The van der Waals surface area contributed by atoms with Crippen molar-refractivity contribution < 1.29 is 9.53 Å². The first-order valence-electron chi connectivity index (χ1n) is 7.89. The third-order valence-electron chi connectivity index (χ3n) is 3.92. The number of nitrogens with zero attached hydrogens (tertiary/aromatic N) is 1. The van der Waals surface area contributed by atoms with Gasteiger partial charge in [0.25, 0.3) is 0 Å². The molecule has 1 fully saturated rings. The Morgan fingerprint density at radius 3 is 2.62 bits per heavy atom. The van der Waals surface area contributed by atoms with E-state index in [0.29, 0.717) is 13.2 Å². The highest BCUT2D eigenvalue weighted by Gasteiger charge is 2.15. The molecule has 1 aliphatic heterocycles. The monoisotopic (exact) mass is 389 g/mol. The standard InChI is InChI=1S/C18H20BrN3O2/c1-13-12-14(6-7-15(13)19)20-18(23)21-16-4-2-3-5-17(16)22-8-10-24-11-9-22/h2-7,12H,8-11H2,1H3,(H2,20,21,23). The Labute approximate surface area is 150 Å². The number of morpholine rings is 1. The van der Waals surface area contributed by atoms with Gasteiger partial charge in [-0.2, -0.15) is 0 Å². The van der Waals surface area contributed by atoms with Crippen LogP contribution in [0.25, 0.3) is 0 Å². The van der Waals surface area contributed by atoms with E-state index in [-0.39, 0.29) is 6.03 Å². The van der Waals surface area contributed by atoms with Crippen LogP contribution in [0.2, 0.25) is 0 Å². The summed E-state index contributed by atoms with van der Waals surface area (Å²) in [4.78, 5) is 14.6. The molecule has 0 spiro atoms. The van der Waals surface area contributed by atoms with Crippen LogP contribution in [0.4, 0.5) is 21.9 Å². The van der Waals surface area contributed by atoms with Crippen LogP contribution in [0.5, 0.6) is 0 Å². The highest BCUT2D eigenvalue weighted by Crippen LogP contribution is 2.27. The lowest BCUT2D eigenvalue weighted by atomic mass is 10.2. The fourth-order valence-corrected chi connectivity index (χ4v) is 2.91. The van der Waals surface area contributed by atoms with Gasteiger partial charge in [0.2, 0.25) is 0 Å². The molecule has 2 aromatic rings. The molecule has 1 saturated heterocycles. The summed E-state index contributed by atoms with van der Waals surface area (Å²) in [6, 6.07) is 13.3. The highest BCUT2D eigenvalue weighted by molar-refractivity contribution is 9.10. The molecule has 126 valence electrons. The lowest BCUT2D eigenvalue weighted by Crippen LogP contribution is -2.37. The molecular weight excluding hydrogens is 370 g/mol. The van der Waals surface area contributed by atoms with Crippen LogP contribution in [0.1, 0.15) is 5.56 Å². The highest BCUT2D eigenvalue weighted by atomic mass is 79.9. The number of ether oxygens (including phenoxy) is 1. The molecule has 24 heavy (non-hydrogen) atoms. The maximum atomic E-state index is 12.3. The van der Waals surface area contributed by atoms with E-state index in [1.54, 1.807) is 0 Å². The fraction of sp³-hybridized carbons (Fsp3) is 0.278. The largest absolute Gasteiger partial charge is 0.378 e. The molecule has 0 saturated carbocycles. The molecule has 3 rings (SSSR count). The Kier molecular flexibility index (Phi) is 5.37. The third kappa shape index (κ3) is 4.07. The van der Waals surface area contributed by atoms with E-state index in [4.69, 9.17) is 4.74 Å². The van der Waals surface area contributed by atoms with Gasteiger partial charge in [-0.15, -0.1) is 0 Å². The number of rotatable bonds is 3. The summed E-state index contributed by atoms with van der Waals surface area (Å²) in [5, 5.41) is 5.82. The average Bonchev–Trinajstić information content (AvgIpc) is 2.59. The zero-order valence-corrected chi connectivity index (χ0v) is 15.1.